The summed E-state index contributed by atoms with van der Waals surface area (Å²) in [5.41, 5.74) is 0.596. The fourth-order valence-corrected chi connectivity index (χ4v) is 4.35. The van der Waals surface area contributed by atoms with Crippen LogP contribution in [0, 0.1) is 25.7 Å². The second kappa shape index (κ2) is 5.30. The van der Waals surface area contributed by atoms with Crippen molar-refractivity contribution in [2.45, 2.75) is 65.4 Å². The van der Waals surface area contributed by atoms with Crippen LogP contribution < -0.4 is 0 Å². The summed E-state index contributed by atoms with van der Waals surface area (Å²) in [7, 11) is 0. The Balaban J connectivity index is 2.18. The van der Waals surface area contributed by atoms with Gasteiger partial charge in [0.2, 0.25) is 0 Å². The molecule has 2 unspecified atom stereocenters. The van der Waals surface area contributed by atoms with E-state index < -0.39 is 5.60 Å². The van der Waals surface area contributed by atoms with Crippen molar-refractivity contribution in [2.75, 3.05) is 0 Å². The molecule has 2 rings (SSSR count). The lowest BCUT2D eigenvalue weighted by molar-refractivity contribution is -0.0652. The van der Waals surface area contributed by atoms with E-state index in [1.807, 2.05) is 0 Å². The molecule has 0 spiro atoms. The van der Waals surface area contributed by atoms with Crippen LogP contribution in [0.5, 0.6) is 0 Å². The fraction of sp³-hybridized carbons (Fsp3) is 0.800. The van der Waals surface area contributed by atoms with Crippen molar-refractivity contribution in [3.8, 4) is 0 Å². The van der Waals surface area contributed by atoms with Crippen molar-refractivity contribution in [2.24, 2.45) is 11.8 Å². The molecule has 0 aromatic carbocycles. The molecule has 1 aliphatic rings. The van der Waals surface area contributed by atoms with Crippen molar-refractivity contribution >= 4 is 11.3 Å². The van der Waals surface area contributed by atoms with Crippen molar-refractivity contribution < 1.29 is 5.11 Å². The van der Waals surface area contributed by atoms with Crippen molar-refractivity contribution in [3.63, 3.8) is 0 Å². The Labute approximate surface area is 114 Å². The maximum atomic E-state index is 11.0. The number of aryl methyl sites for hydroxylation is 2. The second-order valence-electron chi connectivity index (χ2n) is 6.13. The lowest BCUT2D eigenvalue weighted by Crippen LogP contribution is -2.45. The van der Waals surface area contributed by atoms with Gasteiger partial charge in [-0.15, -0.1) is 11.3 Å². The highest BCUT2D eigenvalue weighted by Gasteiger charge is 2.41. The average molecular weight is 267 g/mol. The Hall–Kier alpha value is -0.410. The molecule has 0 radical (unpaired) electrons. The third kappa shape index (κ3) is 2.77. The summed E-state index contributed by atoms with van der Waals surface area (Å²) in [6.45, 7) is 8.64. The SMILES string of the molecule is Cc1nc(CC2(O)CCCCC2C(C)C)sc1C. The van der Waals surface area contributed by atoms with Gasteiger partial charge in [0.05, 0.1) is 16.3 Å². The van der Waals surface area contributed by atoms with Gasteiger partial charge in [0, 0.05) is 11.3 Å². The van der Waals surface area contributed by atoms with Gasteiger partial charge >= 0.3 is 0 Å². The van der Waals surface area contributed by atoms with Gasteiger partial charge in [-0.3, -0.25) is 0 Å². The van der Waals surface area contributed by atoms with E-state index in [9.17, 15) is 5.11 Å². The highest BCUT2D eigenvalue weighted by atomic mass is 32.1. The smallest absolute Gasteiger partial charge is 0.0959 e. The van der Waals surface area contributed by atoms with Crippen LogP contribution in [0.2, 0.25) is 0 Å². The van der Waals surface area contributed by atoms with Crippen LogP contribution in [0.3, 0.4) is 0 Å². The van der Waals surface area contributed by atoms with Crippen LogP contribution in [0.25, 0.3) is 0 Å². The predicted octanol–water partition coefficient (Wildman–Crippen LogP) is 3.88. The van der Waals surface area contributed by atoms with E-state index in [1.165, 1.54) is 11.3 Å². The maximum Gasteiger partial charge on any atom is 0.0959 e. The molecule has 2 nitrogen and oxygen atoms in total. The highest BCUT2D eigenvalue weighted by molar-refractivity contribution is 7.11. The summed E-state index contributed by atoms with van der Waals surface area (Å²) in [6.07, 6.45) is 5.27. The molecule has 0 aliphatic heterocycles. The van der Waals surface area contributed by atoms with Crippen LogP contribution in [0.4, 0.5) is 0 Å². The van der Waals surface area contributed by atoms with Gasteiger partial charge in [-0.25, -0.2) is 4.98 Å². The zero-order valence-electron chi connectivity index (χ0n) is 12.0. The largest absolute Gasteiger partial charge is 0.389 e. The first-order valence-electron chi connectivity index (χ1n) is 7.07. The minimum Gasteiger partial charge on any atom is -0.389 e. The molecule has 0 amide bonds. The lowest BCUT2D eigenvalue weighted by atomic mass is 9.69. The maximum absolute atomic E-state index is 11.0. The zero-order valence-corrected chi connectivity index (χ0v) is 12.8. The number of hydrogen-bond donors (Lipinski definition) is 1. The Morgan fingerprint density at radius 3 is 2.67 bits per heavy atom. The molecule has 1 N–H and O–H groups in total. The van der Waals surface area contributed by atoms with Crippen LogP contribution in [0.1, 0.15) is 55.1 Å². The molecule has 3 heteroatoms. The first-order valence-corrected chi connectivity index (χ1v) is 7.89. The third-order valence-corrected chi connectivity index (χ3v) is 5.47. The van der Waals surface area contributed by atoms with Gasteiger partial charge in [-0.2, -0.15) is 0 Å². The van der Waals surface area contributed by atoms with Crippen LogP contribution >= 0.6 is 11.3 Å². The molecule has 1 fully saturated rings. The van der Waals surface area contributed by atoms with Gasteiger partial charge < -0.3 is 5.11 Å². The van der Waals surface area contributed by atoms with E-state index in [0.29, 0.717) is 11.8 Å². The normalized spacial score (nSPS) is 28.9. The van der Waals surface area contributed by atoms with Gasteiger partial charge in [0.25, 0.3) is 0 Å². The molecule has 102 valence electrons. The van der Waals surface area contributed by atoms with Gasteiger partial charge in [0.15, 0.2) is 0 Å². The Bertz CT molecular complexity index is 393. The summed E-state index contributed by atoms with van der Waals surface area (Å²) in [5.74, 6) is 0.980. The average Bonchev–Trinajstić information content (AvgIpc) is 2.57. The van der Waals surface area contributed by atoms with Gasteiger partial charge in [-0.05, 0) is 38.5 Å². The monoisotopic (exact) mass is 267 g/mol. The zero-order chi connectivity index (χ0) is 13.3. The molecule has 18 heavy (non-hydrogen) atoms. The Morgan fingerprint density at radius 2 is 2.11 bits per heavy atom. The van der Waals surface area contributed by atoms with Gasteiger partial charge in [0.1, 0.15) is 0 Å². The number of rotatable bonds is 3. The molecular weight excluding hydrogens is 242 g/mol. The first kappa shape index (κ1) is 14.0. The number of aliphatic hydroxyl groups is 1. The quantitative estimate of drug-likeness (QED) is 0.901. The van der Waals surface area contributed by atoms with Crippen LogP contribution in [-0.2, 0) is 6.42 Å². The van der Waals surface area contributed by atoms with Crippen LogP contribution in [0.15, 0.2) is 0 Å². The molecule has 0 bridgehead atoms. The number of thiazole rings is 1. The van der Waals surface area contributed by atoms with E-state index in [1.54, 1.807) is 11.3 Å². The van der Waals surface area contributed by atoms with Gasteiger partial charge in [-0.1, -0.05) is 26.7 Å². The topological polar surface area (TPSA) is 33.1 Å². The highest BCUT2D eigenvalue weighted by Crippen LogP contribution is 2.41. The number of nitrogens with zero attached hydrogens (tertiary/aromatic N) is 1. The second-order valence-corrected chi connectivity index (χ2v) is 7.41. The van der Waals surface area contributed by atoms with Crippen molar-refractivity contribution in [3.05, 3.63) is 15.6 Å². The Kier molecular flexibility index (Phi) is 4.12. The fourth-order valence-electron chi connectivity index (χ4n) is 3.30. The van der Waals surface area contributed by atoms with E-state index >= 15 is 0 Å². The van der Waals surface area contributed by atoms with Crippen LogP contribution in [-0.4, -0.2) is 15.7 Å². The molecule has 2 atom stereocenters. The number of hydrogen-bond acceptors (Lipinski definition) is 3. The molecule has 1 aromatic rings. The molecule has 1 aliphatic carbocycles. The Morgan fingerprint density at radius 1 is 1.39 bits per heavy atom. The van der Waals surface area contributed by atoms with Crippen molar-refractivity contribution in [1.82, 2.24) is 4.98 Å². The van der Waals surface area contributed by atoms with E-state index in [4.69, 9.17) is 0 Å². The third-order valence-electron chi connectivity index (χ3n) is 4.40. The molecule has 1 saturated carbocycles. The minimum absolute atomic E-state index is 0.427. The van der Waals surface area contributed by atoms with E-state index in [2.05, 4.69) is 32.7 Å². The van der Waals surface area contributed by atoms with Crippen molar-refractivity contribution in [1.29, 1.82) is 0 Å². The summed E-state index contributed by atoms with van der Waals surface area (Å²) >= 11 is 1.75. The van der Waals surface area contributed by atoms with E-state index in [-0.39, 0.29) is 0 Å². The molecular formula is C15H25NOS. The number of aromatic nitrogens is 1. The van der Waals surface area contributed by atoms with E-state index in [0.717, 1.165) is 36.4 Å². The predicted molar refractivity (Wildman–Crippen MR) is 77.0 cm³/mol. The summed E-state index contributed by atoms with van der Waals surface area (Å²) < 4.78 is 0. The standard InChI is InChI=1S/C15H25NOS/c1-10(2)13-7-5-6-8-15(13,17)9-14-16-11(3)12(4)18-14/h10,13,17H,5-9H2,1-4H3. The lowest BCUT2D eigenvalue weighted by Gasteiger charge is -2.42. The summed E-state index contributed by atoms with van der Waals surface area (Å²) in [4.78, 5) is 5.88. The molecule has 1 aromatic heterocycles. The molecule has 1 heterocycles. The minimum atomic E-state index is -0.525. The molecule has 0 saturated heterocycles. The first-order chi connectivity index (χ1) is 8.42. The summed E-state index contributed by atoms with van der Waals surface area (Å²) in [6, 6.07) is 0. The summed E-state index contributed by atoms with van der Waals surface area (Å²) in [5, 5.41) is 12.1.